The summed E-state index contributed by atoms with van der Waals surface area (Å²) >= 11 is 0. The molecule has 0 aliphatic rings. The molecule has 0 aliphatic heterocycles. The summed E-state index contributed by atoms with van der Waals surface area (Å²) in [6, 6.07) is 8.66. The lowest BCUT2D eigenvalue weighted by Crippen LogP contribution is -2.35. The van der Waals surface area contributed by atoms with Gasteiger partial charge in [0, 0.05) is 0 Å². The summed E-state index contributed by atoms with van der Waals surface area (Å²) in [6.07, 6.45) is 2.86. The largest absolute Gasteiger partial charge is 0.462 e. The number of nitrogens with zero attached hydrogens (tertiary/aromatic N) is 4. The molecule has 3 unspecified atom stereocenters. The molecule has 3 rings (SSSR count). The van der Waals surface area contributed by atoms with Crippen LogP contribution < -0.4 is 15.3 Å². The monoisotopic (exact) mass is 504 g/mol. The van der Waals surface area contributed by atoms with Crippen LogP contribution in [0.3, 0.4) is 0 Å². The lowest BCUT2D eigenvalue weighted by atomic mass is 10.3. The number of hydrogen-bond donors (Lipinski definition) is 2. The number of nitrogen functional groups attached to an aromatic ring is 1. The van der Waals surface area contributed by atoms with E-state index < -0.39 is 14.6 Å². The minimum atomic E-state index is -1.66. The van der Waals surface area contributed by atoms with Gasteiger partial charge in [-0.05, 0) is 46.2 Å². The first-order valence-electron chi connectivity index (χ1n) is 11.5. The molecule has 11 nitrogen and oxygen atoms in total. The third-order valence-corrected chi connectivity index (χ3v) is 6.30. The number of hydrogen-bond acceptors (Lipinski definition) is 10. The van der Waals surface area contributed by atoms with Crippen LogP contribution in [0.2, 0.25) is 0 Å². The Morgan fingerprint density at radius 1 is 1.14 bits per heavy atom. The average Bonchev–Trinajstić information content (AvgIpc) is 3.27. The van der Waals surface area contributed by atoms with E-state index in [1.54, 1.807) is 31.7 Å². The normalized spacial score (nSPS) is 15.0. The molecule has 35 heavy (non-hydrogen) atoms. The molecular formula is C23H33N6O5P. The number of imidazole rings is 1. The lowest BCUT2D eigenvalue weighted by Gasteiger charge is -2.26. The maximum Gasteiger partial charge on any atom is 0.323 e. The molecule has 2 aromatic heterocycles. The quantitative estimate of drug-likeness (QED) is 0.260. The fourth-order valence-electron chi connectivity index (χ4n) is 3.10. The summed E-state index contributed by atoms with van der Waals surface area (Å²) in [6.45, 7) is 9.46. The standard InChI is InChI=1S/C23H33N6O5P/c1-6-18(33-17(5)29-14-27-20-21(24)25-13-26-22(20)29)12-31-35(34-19-10-8-7-9-11-19)28-16(4)23(30)32-15(2)3/h7-11,13-18,28H,6,12H2,1-5H3,(H2,24,25,26)/t16?,17?,18?,35-/m1/s1. The predicted molar refractivity (Wildman–Crippen MR) is 133 cm³/mol. The first-order valence-corrected chi connectivity index (χ1v) is 12.7. The zero-order chi connectivity index (χ0) is 25.4. The fraction of sp³-hybridized carbons (Fsp3) is 0.478. The predicted octanol–water partition coefficient (Wildman–Crippen LogP) is 3.97. The van der Waals surface area contributed by atoms with E-state index in [4.69, 9.17) is 24.3 Å². The van der Waals surface area contributed by atoms with E-state index in [9.17, 15) is 4.79 Å². The summed E-state index contributed by atoms with van der Waals surface area (Å²) in [5.41, 5.74) is 7.01. The van der Waals surface area contributed by atoms with Crippen molar-refractivity contribution in [1.29, 1.82) is 0 Å². The molecule has 0 spiro atoms. The van der Waals surface area contributed by atoms with Gasteiger partial charge in [0.2, 0.25) is 0 Å². The van der Waals surface area contributed by atoms with Crippen molar-refractivity contribution in [3.8, 4) is 5.75 Å². The van der Waals surface area contributed by atoms with Crippen LogP contribution in [0.15, 0.2) is 43.0 Å². The molecule has 1 aromatic carbocycles. The molecule has 3 N–H and O–H groups in total. The summed E-state index contributed by atoms with van der Waals surface area (Å²) < 4.78 is 25.4. The molecule has 2 heterocycles. The van der Waals surface area contributed by atoms with Crippen LogP contribution in [-0.4, -0.2) is 50.3 Å². The van der Waals surface area contributed by atoms with Crippen LogP contribution in [0.5, 0.6) is 5.75 Å². The molecule has 190 valence electrons. The van der Waals surface area contributed by atoms with Gasteiger partial charge in [-0.15, -0.1) is 0 Å². The van der Waals surface area contributed by atoms with Crippen LogP contribution in [0, 0.1) is 0 Å². The molecule has 0 fully saturated rings. The van der Waals surface area contributed by atoms with Gasteiger partial charge < -0.3 is 24.3 Å². The molecule has 4 atom stereocenters. The van der Waals surface area contributed by atoms with Crippen LogP contribution in [0.25, 0.3) is 11.2 Å². The van der Waals surface area contributed by atoms with Crippen LogP contribution in [0.1, 0.15) is 47.3 Å². The Morgan fingerprint density at radius 2 is 1.89 bits per heavy atom. The smallest absolute Gasteiger partial charge is 0.323 e. The number of nitrogens with one attached hydrogen (secondary N) is 1. The van der Waals surface area contributed by atoms with Gasteiger partial charge in [-0.2, -0.15) is 0 Å². The van der Waals surface area contributed by atoms with Gasteiger partial charge in [-0.25, -0.2) is 20.0 Å². The third kappa shape index (κ3) is 7.57. The van der Waals surface area contributed by atoms with Crippen molar-refractivity contribution in [2.45, 2.75) is 65.5 Å². The first-order chi connectivity index (χ1) is 16.8. The lowest BCUT2D eigenvalue weighted by molar-refractivity contribution is -0.149. The third-order valence-electron chi connectivity index (χ3n) is 4.94. The van der Waals surface area contributed by atoms with E-state index in [1.807, 2.05) is 44.2 Å². The summed E-state index contributed by atoms with van der Waals surface area (Å²) in [7, 11) is -1.66. The molecule has 0 amide bonds. The van der Waals surface area contributed by atoms with E-state index in [0.717, 1.165) is 0 Å². The zero-order valence-electron chi connectivity index (χ0n) is 20.6. The maximum absolute atomic E-state index is 12.3. The van der Waals surface area contributed by atoms with Gasteiger partial charge in [-0.3, -0.25) is 9.36 Å². The minimum Gasteiger partial charge on any atom is -0.462 e. The number of ether oxygens (including phenoxy) is 2. The number of esters is 1. The minimum absolute atomic E-state index is 0.215. The highest BCUT2D eigenvalue weighted by Gasteiger charge is 2.25. The molecular weight excluding hydrogens is 471 g/mol. The van der Waals surface area contributed by atoms with Crippen molar-refractivity contribution >= 4 is 31.5 Å². The second kappa shape index (κ2) is 12.7. The van der Waals surface area contributed by atoms with Crippen molar-refractivity contribution < 1.29 is 23.3 Å². The van der Waals surface area contributed by atoms with E-state index in [-0.39, 0.29) is 31.0 Å². The van der Waals surface area contributed by atoms with Gasteiger partial charge in [-0.1, -0.05) is 25.1 Å². The Hall–Kier alpha value is -2.85. The van der Waals surface area contributed by atoms with Crippen LogP contribution in [-0.2, 0) is 18.8 Å². The number of nitrogens with two attached hydrogens (primary N) is 1. The molecule has 0 radical (unpaired) electrons. The SMILES string of the molecule is CCC(CO[P@@](NC(C)C(=O)OC(C)C)Oc1ccccc1)OC(C)n1cnc2c(N)ncnc21. The first kappa shape index (κ1) is 26.7. The Labute approximate surface area is 206 Å². The molecule has 0 saturated carbocycles. The second-order valence-corrected chi connectivity index (χ2v) is 9.36. The summed E-state index contributed by atoms with van der Waals surface area (Å²) in [5.74, 6) is 0.564. The highest BCUT2D eigenvalue weighted by atomic mass is 31.2. The Balaban J connectivity index is 1.65. The molecule has 0 bridgehead atoms. The average molecular weight is 505 g/mol. The number of benzene rings is 1. The number of anilines is 1. The molecule has 0 saturated heterocycles. The van der Waals surface area contributed by atoms with E-state index in [2.05, 4.69) is 20.0 Å². The van der Waals surface area contributed by atoms with Crippen molar-refractivity contribution in [2.75, 3.05) is 12.3 Å². The number of aromatic nitrogens is 4. The fourth-order valence-corrected chi connectivity index (χ4v) is 4.31. The summed E-state index contributed by atoms with van der Waals surface area (Å²) in [5, 5.41) is 3.11. The molecule has 3 aromatic rings. The van der Waals surface area contributed by atoms with Gasteiger partial charge in [0.25, 0.3) is 0 Å². The van der Waals surface area contributed by atoms with Crippen molar-refractivity contribution in [2.24, 2.45) is 0 Å². The number of carbonyl (C=O) groups is 1. The van der Waals surface area contributed by atoms with Gasteiger partial charge in [0.05, 0.1) is 25.1 Å². The topological polar surface area (TPSA) is 136 Å². The highest BCUT2D eigenvalue weighted by Crippen LogP contribution is 2.37. The highest BCUT2D eigenvalue weighted by molar-refractivity contribution is 7.45. The van der Waals surface area contributed by atoms with Gasteiger partial charge >= 0.3 is 14.5 Å². The van der Waals surface area contributed by atoms with Gasteiger partial charge in [0.15, 0.2) is 11.5 Å². The van der Waals surface area contributed by atoms with Crippen molar-refractivity contribution in [3.05, 3.63) is 43.0 Å². The molecule has 12 heteroatoms. The Bertz CT molecular complexity index is 1080. The van der Waals surface area contributed by atoms with Crippen molar-refractivity contribution in [3.63, 3.8) is 0 Å². The van der Waals surface area contributed by atoms with E-state index in [0.29, 0.717) is 29.2 Å². The Kier molecular flexibility index (Phi) is 9.73. The second-order valence-electron chi connectivity index (χ2n) is 8.14. The Morgan fingerprint density at radius 3 is 2.57 bits per heavy atom. The number of rotatable bonds is 13. The van der Waals surface area contributed by atoms with Crippen LogP contribution >= 0.6 is 8.53 Å². The number of carbonyl (C=O) groups excluding carboxylic acids is 1. The van der Waals surface area contributed by atoms with Gasteiger partial charge in [0.1, 0.15) is 29.9 Å². The number of para-hydroxylation sites is 1. The van der Waals surface area contributed by atoms with E-state index in [1.165, 1.54) is 6.33 Å². The van der Waals surface area contributed by atoms with E-state index >= 15 is 0 Å². The summed E-state index contributed by atoms with van der Waals surface area (Å²) in [4.78, 5) is 24.8. The zero-order valence-corrected chi connectivity index (χ0v) is 21.5. The molecule has 0 aliphatic carbocycles. The van der Waals surface area contributed by atoms with Crippen LogP contribution in [0.4, 0.5) is 5.82 Å². The van der Waals surface area contributed by atoms with Crippen molar-refractivity contribution in [1.82, 2.24) is 24.6 Å². The number of fused-ring (bicyclic) bond motifs is 1. The maximum atomic E-state index is 12.3.